The zero-order valence-corrected chi connectivity index (χ0v) is 16.7. The van der Waals surface area contributed by atoms with Gasteiger partial charge in [0, 0.05) is 27.9 Å². The van der Waals surface area contributed by atoms with Gasteiger partial charge in [-0.3, -0.25) is 4.79 Å². The first-order valence-electron chi connectivity index (χ1n) is 9.30. The van der Waals surface area contributed by atoms with Crippen molar-refractivity contribution in [3.05, 3.63) is 113 Å². The summed E-state index contributed by atoms with van der Waals surface area (Å²) in [5.41, 5.74) is 5.32. The zero-order valence-electron chi connectivity index (χ0n) is 15.9. The van der Waals surface area contributed by atoms with Crippen LogP contribution < -0.4 is 0 Å². The molecule has 142 valence electrons. The first-order valence-corrected chi connectivity index (χ1v) is 9.68. The maximum absolute atomic E-state index is 12.6. The number of hydrogen-bond donors (Lipinski definition) is 0. The largest absolute Gasteiger partial charge is 0.289 e. The smallest absolute Gasteiger partial charge is 0.185 e. The van der Waals surface area contributed by atoms with Crippen molar-refractivity contribution < 1.29 is 4.79 Å². The number of benzene rings is 3. The van der Waals surface area contributed by atoms with Crippen LogP contribution in [0.3, 0.4) is 0 Å². The van der Waals surface area contributed by atoms with Crippen molar-refractivity contribution in [1.82, 2.24) is 9.78 Å². The van der Waals surface area contributed by atoms with Crippen LogP contribution in [-0.2, 0) is 0 Å². The van der Waals surface area contributed by atoms with Gasteiger partial charge >= 0.3 is 0 Å². The summed E-state index contributed by atoms with van der Waals surface area (Å²) in [5.74, 6) is -0.0421. The number of carbonyl (C=O) groups excluding carboxylic acids is 1. The molecular weight excluding hydrogens is 380 g/mol. The van der Waals surface area contributed by atoms with Crippen LogP contribution in [0.5, 0.6) is 0 Å². The summed E-state index contributed by atoms with van der Waals surface area (Å²) in [7, 11) is 0. The molecule has 3 aromatic carbocycles. The Kier molecular flexibility index (Phi) is 5.41. The van der Waals surface area contributed by atoms with Crippen molar-refractivity contribution in [3.63, 3.8) is 0 Å². The summed E-state index contributed by atoms with van der Waals surface area (Å²) in [5, 5.41) is 5.42. The number of para-hydroxylation sites is 1. The van der Waals surface area contributed by atoms with E-state index in [9.17, 15) is 4.79 Å². The van der Waals surface area contributed by atoms with E-state index in [0.29, 0.717) is 10.6 Å². The van der Waals surface area contributed by atoms with Gasteiger partial charge < -0.3 is 0 Å². The lowest BCUT2D eigenvalue weighted by Gasteiger charge is -2.01. The average Bonchev–Trinajstić information content (AvgIpc) is 3.18. The molecule has 0 bridgehead atoms. The second-order valence-corrected chi connectivity index (χ2v) is 7.22. The molecule has 0 aliphatic rings. The second-order valence-electron chi connectivity index (χ2n) is 6.78. The Morgan fingerprint density at radius 1 is 0.931 bits per heavy atom. The van der Waals surface area contributed by atoms with Crippen LogP contribution in [0.4, 0.5) is 0 Å². The number of nitrogens with zero attached hydrogens (tertiary/aromatic N) is 2. The molecule has 29 heavy (non-hydrogen) atoms. The number of aromatic nitrogens is 2. The molecule has 3 nitrogen and oxygen atoms in total. The summed E-state index contributed by atoms with van der Waals surface area (Å²) in [6.07, 6.45) is 5.34. The zero-order chi connectivity index (χ0) is 20.2. The van der Waals surface area contributed by atoms with Crippen molar-refractivity contribution in [2.24, 2.45) is 0 Å². The van der Waals surface area contributed by atoms with E-state index in [1.807, 2.05) is 103 Å². The molecule has 0 fully saturated rings. The maximum Gasteiger partial charge on any atom is 0.185 e. The van der Waals surface area contributed by atoms with Crippen LogP contribution in [0, 0.1) is 6.92 Å². The Morgan fingerprint density at radius 3 is 2.31 bits per heavy atom. The van der Waals surface area contributed by atoms with E-state index < -0.39 is 0 Å². The molecule has 0 aliphatic carbocycles. The highest BCUT2D eigenvalue weighted by atomic mass is 35.5. The van der Waals surface area contributed by atoms with Crippen LogP contribution in [0.1, 0.15) is 21.5 Å². The molecule has 0 saturated carbocycles. The molecule has 0 saturated heterocycles. The number of rotatable bonds is 5. The third kappa shape index (κ3) is 4.36. The Morgan fingerprint density at radius 2 is 1.62 bits per heavy atom. The van der Waals surface area contributed by atoms with Crippen LogP contribution in [0.25, 0.3) is 23.0 Å². The van der Waals surface area contributed by atoms with Crippen LogP contribution in [-0.4, -0.2) is 15.6 Å². The Labute approximate surface area is 174 Å². The molecule has 4 rings (SSSR count). The van der Waals surface area contributed by atoms with Crippen LogP contribution in [0.2, 0.25) is 5.02 Å². The minimum absolute atomic E-state index is 0.0421. The average molecular weight is 399 g/mol. The fourth-order valence-corrected chi connectivity index (χ4v) is 3.16. The van der Waals surface area contributed by atoms with Gasteiger partial charge in [0.25, 0.3) is 0 Å². The highest BCUT2D eigenvalue weighted by Crippen LogP contribution is 2.26. The van der Waals surface area contributed by atoms with E-state index in [0.717, 1.165) is 28.1 Å². The quantitative estimate of drug-likeness (QED) is 0.288. The molecule has 0 radical (unpaired) electrons. The third-order valence-corrected chi connectivity index (χ3v) is 4.88. The molecule has 4 heteroatoms. The molecule has 0 atom stereocenters. The molecule has 0 amide bonds. The van der Waals surface area contributed by atoms with Gasteiger partial charge in [0.2, 0.25) is 0 Å². The number of ketones is 1. The summed E-state index contributed by atoms with van der Waals surface area (Å²) < 4.78 is 1.82. The summed E-state index contributed by atoms with van der Waals surface area (Å²) >= 11 is 6.04. The Balaban J connectivity index is 1.72. The minimum atomic E-state index is -0.0421. The van der Waals surface area contributed by atoms with Gasteiger partial charge in [-0.05, 0) is 43.3 Å². The number of hydrogen-bond acceptors (Lipinski definition) is 2. The molecule has 1 aromatic heterocycles. The van der Waals surface area contributed by atoms with Gasteiger partial charge in [0.15, 0.2) is 5.78 Å². The molecule has 0 unspecified atom stereocenters. The number of allylic oxidation sites excluding steroid dienone is 1. The van der Waals surface area contributed by atoms with Crippen molar-refractivity contribution >= 4 is 23.5 Å². The summed E-state index contributed by atoms with van der Waals surface area (Å²) in [4.78, 5) is 12.6. The van der Waals surface area contributed by atoms with Crippen molar-refractivity contribution in [2.75, 3.05) is 0 Å². The number of aryl methyl sites for hydroxylation is 1. The number of carbonyl (C=O) groups is 1. The third-order valence-electron chi connectivity index (χ3n) is 4.63. The van der Waals surface area contributed by atoms with E-state index >= 15 is 0 Å². The second kappa shape index (κ2) is 8.29. The van der Waals surface area contributed by atoms with Gasteiger partial charge in [-0.2, -0.15) is 5.10 Å². The van der Waals surface area contributed by atoms with Gasteiger partial charge in [0.05, 0.1) is 11.4 Å². The lowest BCUT2D eigenvalue weighted by molar-refractivity contribution is 0.104. The van der Waals surface area contributed by atoms with E-state index in [-0.39, 0.29) is 5.78 Å². The van der Waals surface area contributed by atoms with Crippen LogP contribution in [0.15, 0.2) is 91.1 Å². The standard InChI is InChI=1S/C25H19ClN2O/c1-18-7-9-19(10-8-18)24(29)16-13-21-17-28(23-5-3-2-4-6-23)27-25(21)20-11-14-22(26)15-12-20/h2-17H,1H3/b16-13+. The summed E-state index contributed by atoms with van der Waals surface area (Å²) in [6, 6.07) is 25.0. The normalized spacial score (nSPS) is 11.1. The van der Waals surface area contributed by atoms with Crippen molar-refractivity contribution in [3.8, 4) is 16.9 Å². The molecule has 4 aromatic rings. The maximum atomic E-state index is 12.6. The SMILES string of the molecule is Cc1ccc(C(=O)/C=C/c2cn(-c3ccccc3)nc2-c2ccc(Cl)cc2)cc1. The number of halogens is 1. The van der Waals surface area contributed by atoms with Gasteiger partial charge in [-0.15, -0.1) is 0 Å². The predicted molar refractivity (Wildman–Crippen MR) is 119 cm³/mol. The summed E-state index contributed by atoms with van der Waals surface area (Å²) in [6.45, 7) is 2.00. The van der Waals surface area contributed by atoms with E-state index in [1.165, 1.54) is 0 Å². The molecule has 1 heterocycles. The van der Waals surface area contributed by atoms with E-state index in [4.69, 9.17) is 16.7 Å². The molecule has 0 N–H and O–H groups in total. The van der Waals surface area contributed by atoms with Gasteiger partial charge in [-0.25, -0.2) is 4.68 Å². The highest BCUT2D eigenvalue weighted by Gasteiger charge is 2.11. The van der Waals surface area contributed by atoms with Crippen molar-refractivity contribution in [1.29, 1.82) is 0 Å². The molecular formula is C25H19ClN2O. The lowest BCUT2D eigenvalue weighted by atomic mass is 10.1. The highest BCUT2D eigenvalue weighted by molar-refractivity contribution is 6.30. The van der Waals surface area contributed by atoms with Gasteiger partial charge in [-0.1, -0.05) is 71.8 Å². The predicted octanol–water partition coefficient (Wildman–Crippen LogP) is 6.40. The lowest BCUT2D eigenvalue weighted by Crippen LogP contribution is -1.93. The van der Waals surface area contributed by atoms with Crippen molar-refractivity contribution in [2.45, 2.75) is 6.92 Å². The fourth-order valence-electron chi connectivity index (χ4n) is 3.03. The minimum Gasteiger partial charge on any atom is -0.289 e. The monoisotopic (exact) mass is 398 g/mol. The van der Waals surface area contributed by atoms with E-state index in [1.54, 1.807) is 6.08 Å². The van der Waals surface area contributed by atoms with Gasteiger partial charge in [0.1, 0.15) is 0 Å². The Bertz CT molecular complexity index is 1160. The first kappa shape index (κ1) is 18.9. The first-order chi connectivity index (χ1) is 14.1. The molecule has 0 aliphatic heterocycles. The fraction of sp³-hybridized carbons (Fsp3) is 0.0400. The topological polar surface area (TPSA) is 34.9 Å². The van der Waals surface area contributed by atoms with Crippen LogP contribution >= 0.6 is 11.6 Å². The Hall–Kier alpha value is -3.43. The van der Waals surface area contributed by atoms with E-state index in [2.05, 4.69) is 0 Å². The molecule has 0 spiro atoms.